The normalized spacial score (nSPS) is 10.2. The van der Waals surface area contributed by atoms with Crippen LogP contribution in [0.5, 0.6) is 11.6 Å². The number of carboxylic acid groups (broad SMARTS) is 1. The summed E-state index contributed by atoms with van der Waals surface area (Å²) in [7, 11) is 0. The molecule has 5 nitrogen and oxygen atoms in total. The molecule has 0 amide bonds. The van der Waals surface area contributed by atoms with Gasteiger partial charge in [-0.15, -0.1) is 0 Å². The summed E-state index contributed by atoms with van der Waals surface area (Å²) in [5, 5.41) is 9.57. The lowest BCUT2D eigenvalue weighted by molar-refractivity contribution is 0.0697. The number of benzene rings is 1. The molecule has 0 unspecified atom stereocenters. The molecule has 3 N–H and O–H groups in total. The SMILES string of the molecule is Cc1cc(Oc2nccc(C(=O)O)c2N)ccc1Cl. The molecule has 0 saturated heterocycles. The third kappa shape index (κ3) is 2.77. The zero-order valence-corrected chi connectivity index (χ0v) is 10.8. The molecule has 98 valence electrons. The first-order valence-electron chi connectivity index (χ1n) is 5.41. The molecule has 0 aliphatic heterocycles. The lowest BCUT2D eigenvalue weighted by Crippen LogP contribution is -2.05. The lowest BCUT2D eigenvalue weighted by Gasteiger charge is -2.09. The standard InChI is InChI=1S/C13H11ClN2O3/c1-7-6-8(2-3-10(7)14)19-12-11(15)9(13(17)18)4-5-16-12/h2-6H,15H2,1H3,(H,17,18). The van der Waals surface area contributed by atoms with E-state index in [4.69, 9.17) is 27.2 Å². The number of nitrogens with zero attached hydrogens (tertiary/aromatic N) is 1. The number of aromatic nitrogens is 1. The molecule has 2 aromatic rings. The number of carbonyl (C=O) groups is 1. The van der Waals surface area contributed by atoms with E-state index in [9.17, 15) is 4.79 Å². The van der Waals surface area contributed by atoms with Gasteiger partial charge in [0.05, 0.1) is 5.56 Å². The summed E-state index contributed by atoms with van der Waals surface area (Å²) >= 11 is 5.91. The van der Waals surface area contributed by atoms with E-state index in [1.807, 2.05) is 6.92 Å². The average molecular weight is 279 g/mol. The van der Waals surface area contributed by atoms with Gasteiger partial charge in [-0.05, 0) is 36.8 Å². The number of nitrogen functional groups attached to an aromatic ring is 1. The number of rotatable bonds is 3. The average Bonchev–Trinajstić information content (AvgIpc) is 2.36. The molecule has 0 fully saturated rings. The first-order valence-corrected chi connectivity index (χ1v) is 5.78. The van der Waals surface area contributed by atoms with Gasteiger partial charge in [0, 0.05) is 11.2 Å². The van der Waals surface area contributed by atoms with Gasteiger partial charge in [-0.1, -0.05) is 11.6 Å². The van der Waals surface area contributed by atoms with E-state index in [2.05, 4.69) is 4.98 Å². The topological polar surface area (TPSA) is 85.4 Å². The van der Waals surface area contributed by atoms with Gasteiger partial charge < -0.3 is 15.6 Å². The maximum absolute atomic E-state index is 10.9. The second kappa shape index (κ2) is 5.16. The van der Waals surface area contributed by atoms with Crippen LogP contribution >= 0.6 is 11.6 Å². The largest absolute Gasteiger partial charge is 0.478 e. The van der Waals surface area contributed by atoms with Gasteiger partial charge in [0.15, 0.2) is 0 Å². The molecular weight excluding hydrogens is 268 g/mol. The zero-order valence-electron chi connectivity index (χ0n) is 10.1. The summed E-state index contributed by atoms with van der Waals surface area (Å²) in [5.74, 6) is -0.581. The number of nitrogens with two attached hydrogens (primary N) is 1. The van der Waals surface area contributed by atoms with Crippen LogP contribution in [-0.2, 0) is 0 Å². The van der Waals surface area contributed by atoms with E-state index >= 15 is 0 Å². The highest BCUT2D eigenvalue weighted by atomic mass is 35.5. The minimum atomic E-state index is -1.13. The second-order valence-corrected chi connectivity index (χ2v) is 4.30. The molecule has 0 saturated carbocycles. The maximum atomic E-state index is 10.9. The van der Waals surface area contributed by atoms with Crippen molar-refractivity contribution in [2.75, 3.05) is 5.73 Å². The molecule has 1 heterocycles. The Hall–Kier alpha value is -2.27. The third-order valence-corrected chi connectivity index (χ3v) is 2.95. The van der Waals surface area contributed by atoms with E-state index < -0.39 is 5.97 Å². The molecule has 2 rings (SSSR count). The van der Waals surface area contributed by atoms with Gasteiger partial charge in [-0.25, -0.2) is 9.78 Å². The minimum Gasteiger partial charge on any atom is -0.478 e. The Balaban J connectivity index is 2.35. The molecule has 0 aliphatic carbocycles. The molecule has 1 aromatic heterocycles. The molecular formula is C13H11ClN2O3. The van der Waals surface area contributed by atoms with Gasteiger partial charge >= 0.3 is 5.97 Å². The van der Waals surface area contributed by atoms with Gasteiger partial charge in [0.1, 0.15) is 11.4 Å². The van der Waals surface area contributed by atoms with Crippen LogP contribution in [0, 0.1) is 6.92 Å². The van der Waals surface area contributed by atoms with Crippen molar-refractivity contribution in [2.24, 2.45) is 0 Å². The maximum Gasteiger partial charge on any atom is 0.338 e. The number of carboxylic acids is 1. The molecule has 0 spiro atoms. The van der Waals surface area contributed by atoms with Gasteiger partial charge in [0.25, 0.3) is 0 Å². The van der Waals surface area contributed by atoms with Gasteiger partial charge in [-0.2, -0.15) is 0 Å². The quantitative estimate of drug-likeness (QED) is 0.901. The van der Waals surface area contributed by atoms with Crippen LogP contribution in [0.1, 0.15) is 15.9 Å². The smallest absolute Gasteiger partial charge is 0.338 e. The highest BCUT2D eigenvalue weighted by Crippen LogP contribution is 2.29. The van der Waals surface area contributed by atoms with Crippen molar-refractivity contribution in [2.45, 2.75) is 6.92 Å². The van der Waals surface area contributed by atoms with Crippen molar-refractivity contribution in [1.29, 1.82) is 0 Å². The molecule has 0 radical (unpaired) electrons. The van der Waals surface area contributed by atoms with Crippen LogP contribution in [0.4, 0.5) is 5.69 Å². The first kappa shape index (κ1) is 13.2. The molecule has 0 aliphatic rings. The fourth-order valence-electron chi connectivity index (χ4n) is 1.51. The molecule has 0 atom stereocenters. The Kier molecular flexibility index (Phi) is 3.57. The summed E-state index contributed by atoms with van der Waals surface area (Å²) in [6, 6.07) is 6.38. The van der Waals surface area contributed by atoms with Gasteiger partial charge in [-0.3, -0.25) is 0 Å². The highest BCUT2D eigenvalue weighted by Gasteiger charge is 2.14. The minimum absolute atomic E-state index is 0.0115. The summed E-state index contributed by atoms with van der Waals surface area (Å²) in [4.78, 5) is 14.9. The number of hydrogen-bond acceptors (Lipinski definition) is 4. The molecule has 0 bridgehead atoms. The summed E-state index contributed by atoms with van der Waals surface area (Å²) in [5.41, 5.74) is 6.49. The Morgan fingerprint density at radius 1 is 1.42 bits per heavy atom. The van der Waals surface area contributed by atoms with Crippen molar-refractivity contribution in [3.8, 4) is 11.6 Å². The Labute approximate surface area is 114 Å². The third-order valence-electron chi connectivity index (χ3n) is 2.53. The second-order valence-electron chi connectivity index (χ2n) is 3.90. The molecule has 19 heavy (non-hydrogen) atoms. The van der Waals surface area contributed by atoms with Crippen molar-refractivity contribution >= 4 is 23.3 Å². The monoisotopic (exact) mass is 278 g/mol. The first-order chi connectivity index (χ1) is 8.99. The van der Waals surface area contributed by atoms with E-state index in [-0.39, 0.29) is 17.1 Å². The number of halogens is 1. The number of aromatic carboxylic acids is 1. The number of aryl methyl sites for hydroxylation is 1. The van der Waals surface area contributed by atoms with Crippen LogP contribution in [0.2, 0.25) is 5.02 Å². The van der Waals surface area contributed by atoms with Crippen molar-refractivity contribution in [1.82, 2.24) is 4.98 Å². The summed E-state index contributed by atoms with van der Waals surface area (Å²) < 4.78 is 5.48. The predicted molar refractivity (Wildman–Crippen MR) is 71.9 cm³/mol. The zero-order chi connectivity index (χ0) is 14.0. The highest BCUT2D eigenvalue weighted by molar-refractivity contribution is 6.31. The van der Waals surface area contributed by atoms with Crippen LogP contribution < -0.4 is 10.5 Å². The molecule has 1 aromatic carbocycles. The Morgan fingerprint density at radius 3 is 2.79 bits per heavy atom. The number of ether oxygens (including phenoxy) is 1. The van der Waals surface area contributed by atoms with Crippen LogP contribution in [0.25, 0.3) is 0 Å². The number of anilines is 1. The van der Waals surface area contributed by atoms with E-state index in [0.717, 1.165) is 5.56 Å². The Morgan fingerprint density at radius 2 is 2.16 bits per heavy atom. The van der Waals surface area contributed by atoms with Crippen LogP contribution in [0.3, 0.4) is 0 Å². The Bertz CT molecular complexity index is 644. The van der Waals surface area contributed by atoms with E-state index in [1.54, 1.807) is 18.2 Å². The predicted octanol–water partition coefficient (Wildman–Crippen LogP) is 3.12. The number of pyridine rings is 1. The summed E-state index contributed by atoms with van der Waals surface area (Å²) in [6.07, 6.45) is 1.33. The van der Waals surface area contributed by atoms with Crippen molar-refractivity contribution < 1.29 is 14.6 Å². The summed E-state index contributed by atoms with van der Waals surface area (Å²) in [6.45, 7) is 1.83. The fourth-order valence-corrected chi connectivity index (χ4v) is 1.63. The number of hydrogen-bond donors (Lipinski definition) is 2. The van der Waals surface area contributed by atoms with Crippen molar-refractivity contribution in [3.63, 3.8) is 0 Å². The lowest BCUT2D eigenvalue weighted by atomic mass is 10.2. The van der Waals surface area contributed by atoms with E-state index in [0.29, 0.717) is 10.8 Å². The molecule has 6 heteroatoms. The van der Waals surface area contributed by atoms with Crippen LogP contribution in [-0.4, -0.2) is 16.1 Å². The van der Waals surface area contributed by atoms with E-state index in [1.165, 1.54) is 12.3 Å². The fraction of sp³-hybridized carbons (Fsp3) is 0.0769. The van der Waals surface area contributed by atoms with Crippen LogP contribution in [0.15, 0.2) is 30.5 Å². The van der Waals surface area contributed by atoms with Gasteiger partial charge in [0.2, 0.25) is 5.88 Å². The van der Waals surface area contributed by atoms with Crippen molar-refractivity contribution in [3.05, 3.63) is 46.6 Å².